The lowest BCUT2D eigenvalue weighted by Gasteiger charge is -2.08. The number of carbonyl (C=O) groups is 2. The number of nitrogens with two attached hydrogens (primary N) is 1. The number of anilines is 1. The molecule has 0 aliphatic rings. The first kappa shape index (κ1) is 17.2. The highest BCUT2D eigenvalue weighted by molar-refractivity contribution is 6.05. The van der Waals surface area contributed by atoms with Gasteiger partial charge in [-0.05, 0) is 49.4 Å². The van der Waals surface area contributed by atoms with Crippen LogP contribution in [0.15, 0.2) is 53.5 Å². The van der Waals surface area contributed by atoms with Gasteiger partial charge in [0, 0.05) is 23.1 Å². The van der Waals surface area contributed by atoms with Crippen molar-refractivity contribution in [2.45, 2.75) is 6.92 Å². The molecule has 0 fully saturated rings. The zero-order chi connectivity index (χ0) is 18.8. The number of primary amides is 1. The number of halogens is 1. The molecule has 132 valence electrons. The first-order valence-electron chi connectivity index (χ1n) is 7.65. The molecular formula is C18H15FN4O3. The summed E-state index contributed by atoms with van der Waals surface area (Å²) in [5, 5.41) is 2.57. The maximum Gasteiger partial charge on any atom is 0.330 e. The fourth-order valence-electron chi connectivity index (χ4n) is 2.53. The molecule has 2 amide bonds. The van der Waals surface area contributed by atoms with Crippen LogP contribution < -0.4 is 16.7 Å². The van der Waals surface area contributed by atoms with Crippen LogP contribution in [0.3, 0.4) is 0 Å². The van der Waals surface area contributed by atoms with Gasteiger partial charge in [0.25, 0.3) is 11.8 Å². The number of nitrogens with zero attached hydrogens (tertiary/aromatic N) is 1. The van der Waals surface area contributed by atoms with Gasteiger partial charge in [-0.3, -0.25) is 14.2 Å². The standard InChI is InChI=1S/C18H15FN4O3/c1-10-9-21-18(26)23(10)13-5-2-11(3-6-13)17(25)22-12-4-7-15(19)14(8-12)16(20)24/h2-9H,1H3,(H2,20,24)(H,21,26)(H,22,25). The van der Waals surface area contributed by atoms with E-state index >= 15 is 0 Å². The second-order valence-corrected chi connectivity index (χ2v) is 5.63. The molecular weight excluding hydrogens is 339 g/mol. The summed E-state index contributed by atoms with van der Waals surface area (Å²) >= 11 is 0. The molecule has 1 heterocycles. The Hall–Kier alpha value is -3.68. The number of carbonyl (C=O) groups excluding carboxylic acids is 2. The molecule has 8 heteroatoms. The van der Waals surface area contributed by atoms with Crippen LogP contribution in [0, 0.1) is 12.7 Å². The normalized spacial score (nSPS) is 10.5. The van der Waals surface area contributed by atoms with E-state index in [-0.39, 0.29) is 16.9 Å². The largest absolute Gasteiger partial charge is 0.366 e. The number of rotatable bonds is 4. The lowest BCUT2D eigenvalue weighted by Crippen LogP contribution is -2.17. The van der Waals surface area contributed by atoms with Crippen LogP contribution in [0.1, 0.15) is 26.4 Å². The number of imidazole rings is 1. The van der Waals surface area contributed by atoms with Crippen molar-refractivity contribution in [2.24, 2.45) is 5.73 Å². The van der Waals surface area contributed by atoms with Gasteiger partial charge in [0.1, 0.15) is 5.82 Å². The van der Waals surface area contributed by atoms with Gasteiger partial charge in [0.05, 0.1) is 11.3 Å². The number of aryl methyl sites for hydroxylation is 1. The molecule has 2 aromatic carbocycles. The second kappa shape index (κ2) is 6.67. The van der Waals surface area contributed by atoms with E-state index in [9.17, 15) is 18.8 Å². The summed E-state index contributed by atoms with van der Waals surface area (Å²) in [7, 11) is 0. The Kier molecular flexibility index (Phi) is 4.40. The molecule has 4 N–H and O–H groups in total. The highest BCUT2D eigenvalue weighted by Crippen LogP contribution is 2.16. The van der Waals surface area contributed by atoms with Gasteiger partial charge in [-0.1, -0.05) is 0 Å². The first-order valence-corrected chi connectivity index (χ1v) is 7.65. The van der Waals surface area contributed by atoms with Crippen LogP contribution in [-0.2, 0) is 0 Å². The van der Waals surface area contributed by atoms with Gasteiger partial charge in [-0.25, -0.2) is 9.18 Å². The van der Waals surface area contributed by atoms with E-state index in [2.05, 4.69) is 10.3 Å². The van der Waals surface area contributed by atoms with Crippen LogP contribution in [0.5, 0.6) is 0 Å². The molecule has 0 saturated heterocycles. The lowest BCUT2D eigenvalue weighted by atomic mass is 10.1. The van der Waals surface area contributed by atoms with Crippen molar-refractivity contribution in [3.05, 3.63) is 81.8 Å². The summed E-state index contributed by atoms with van der Waals surface area (Å²) in [4.78, 5) is 37.8. The van der Waals surface area contributed by atoms with Crippen LogP contribution >= 0.6 is 0 Å². The Bertz CT molecular complexity index is 1050. The summed E-state index contributed by atoms with van der Waals surface area (Å²) in [6.07, 6.45) is 1.59. The molecule has 0 atom stereocenters. The Morgan fingerprint density at radius 2 is 1.85 bits per heavy atom. The molecule has 0 aliphatic carbocycles. The maximum atomic E-state index is 13.5. The summed E-state index contributed by atoms with van der Waals surface area (Å²) in [5.74, 6) is -2.13. The third-order valence-corrected chi connectivity index (χ3v) is 3.84. The average Bonchev–Trinajstić information content (AvgIpc) is 2.95. The van der Waals surface area contributed by atoms with Gasteiger partial charge >= 0.3 is 5.69 Å². The summed E-state index contributed by atoms with van der Waals surface area (Å²) in [6.45, 7) is 1.78. The van der Waals surface area contributed by atoms with Crippen molar-refractivity contribution < 1.29 is 14.0 Å². The highest BCUT2D eigenvalue weighted by atomic mass is 19.1. The van der Waals surface area contributed by atoms with Crippen molar-refractivity contribution in [1.82, 2.24) is 9.55 Å². The van der Waals surface area contributed by atoms with E-state index in [0.29, 0.717) is 11.3 Å². The lowest BCUT2D eigenvalue weighted by molar-refractivity contribution is 0.0992. The summed E-state index contributed by atoms with van der Waals surface area (Å²) in [5.41, 5.74) is 6.44. The quantitative estimate of drug-likeness (QED) is 0.666. The molecule has 7 nitrogen and oxygen atoms in total. The van der Waals surface area contributed by atoms with E-state index in [1.165, 1.54) is 16.7 Å². The molecule has 3 aromatic rings. The minimum absolute atomic E-state index is 0.243. The summed E-state index contributed by atoms with van der Waals surface area (Å²) in [6, 6.07) is 9.95. The van der Waals surface area contributed by atoms with Crippen molar-refractivity contribution in [3.63, 3.8) is 0 Å². The Morgan fingerprint density at radius 1 is 1.15 bits per heavy atom. The van der Waals surface area contributed by atoms with Crippen molar-refractivity contribution in [2.75, 3.05) is 5.32 Å². The molecule has 0 unspecified atom stereocenters. The monoisotopic (exact) mass is 354 g/mol. The molecule has 26 heavy (non-hydrogen) atoms. The van der Waals surface area contributed by atoms with Gasteiger partial charge < -0.3 is 16.0 Å². The number of amides is 2. The minimum atomic E-state index is -0.921. The van der Waals surface area contributed by atoms with E-state index < -0.39 is 17.6 Å². The van der Waals surface area contributed by atoms with Crippen LogP contribution in [-0.4, -0.2) is 21.4 Å². The third-order valence-electron chi connectivity index (χ3n) is 3.84. The smallest absolute Gasteiger partial charge is 0.330 e. The van der Waals surface area contributed by atoms with Crippen LogP contribution in [0.25, 0.3) is 5.69 Å². The van der Waals surface area contributed by atoms with Crippen molar-refractivity contribution in [1.29, 1.82) is 0 Å². The molecule has 3 rings (SSSR count). The zero-order valence-corrected chi connectivity index (χ0v) is 13.7. The molecule has 0 bridgehead atoms. The van der Waals surface area contributed by atoms with Gasteiger partial charge in [-0.2, -0.15) is 0 Å². The highest BCUT2D eigenvalue weighted by Gasteiger charge is 2.12. The van der Waals surface area contributed by atoms with E-state index in [1.807, 2.05) is 0 Å². The zero-order valence-electron chi connectivity index (χ0n) is 13.7. The number of hydrogen-bond donors (Lipinski definition) is 3. The number of aromatic nitrogens is 2. The predicted molar refractivity (Wildman–Crippen MR) is 94.0 cm³/mol. The first-order chi connectivity index (χ1) is 12.4. The Balaban J connectivity index is 1.82. The number of aromatic amines is 1. The Labute approximate surface area is 147 Å². The molecule has 0 saturated carbocycles. The average molecular weight is 354 g/mol. The number of H-pyrrole nitrogens is 1. The van der Waals surface area contributed by atoms with E-state index in [4.69, 9.17) is 5.73 Å². The van der Waals surface area contributed by atoms with Crippen molar-refractivity contribution >= 4 is 17.5 Å². The molecule has 1 aromatic heterocycles. The van der Waals surface area contributed by atoms with Crippen molar-refractivity contribution in [3.8, 4) is 5.69 Å². The SMILES string of the molecule is Cc1c[nH]c(=O)n1-c1ccc(C(=O)Nc2ccc(F)c(C(N)=O)c2)cc1. The van der Waals surface area contributed by atoms with Crippen LogP contribution in [0.4, 0.5) is 10.1 Å². The molecule has 0 spiro atoms. The van der Waals surface area contributed by atoms with E-state index in [0.717, 1.165) is 11.8 Å². The fraction of sp³-hybridized carbons (Fsp3) is 0.0556. The number of benzene rings is 2. The third kappa shape index (κ3) is 3.25. The minimum Gasteiger partial charge on any atom is -0.366 e. The fourth-order valence-corrected chi connectivity index (χ4v) is 2.53. The Morgan fingerprint density at radius 3 is 2.42 bits per heavy atom. The van der Waals surface area contributed by atoms with Gasteiger partial charge in [0.2, 0.25) is 0 Å². The number of hydrogen-bond acceptors (Lipinski definition) is 3. The number of nitrogens with one attached hydrogen (secondary N) is 2. The van der Waals surface area contributed by atoms with Gasteiger partial charge in [0.15, 0.2) is 0 Å². The summed E-state index contributed by atoms with van der Waals surface area (Å²) < 4.78 is 15.0. The van der Waals surface area contributed by atoms with Gasteiger partial charge in [-0.15, -0.1) is 0 Å². The maximum absolute atomic E-state index is 13.5. The van der Waals surface area contributed by atoms with Crippen LogP contribution in [0.2, 0.25) is 0 Å². The topological polar surface area (TPSA) is 110 Å². The molecule has 0 radical (unpaired) electrons. The second-order valence-electron chi connectivity index (χ2n) is 5.63. The predicted octanol–water partition coefficient (Wildman–Crippen LogP) is 1.96. The molecule has 0 aliphatic heterocycles. The van der Waals surface area contributed by atoms with E-state index in [1.54, 1.807) is 37.4 Å².